The molecule has 3 nitrogen and oxygen atoms in total. The first-order valence-electron chi connectivity index (χ1n) is 4.66. The molecule has 0 bridgehead atoms. The molecule has 0 aliphatic heterocycles. The van der Waals surface area contributed by atoms with E-state index in [1.807, 2.05) is 24.3 Å². The van der Waals surface area contributed by atoms with Gasteiger partial charge in [0.25, 0.3) is 5.91 Å². The van der Waals surface area contributed by atoms with E-state index in [9.17, 15) is 9.90 Å². The molecule has 0 aromatic heterocycles. The van der Waals surface area contributed by atoms with Gasteiger partial charge in [0.2, 0.25) is 0 Å². The predicted molar refractivity (Wildman–Crippen MR) is 59.0 cm³/mol. The molecule has 0 spiro atoms. The van der Waals surface area contributed by atoms with Crippen molar-refractivity contribution >= 4 is 16.7 Å². The molecule has 0 saturated heterocycles. The molecule has 0 fully saturated rings. The van der Waals surface area contributed by atoms with Crippen LogP contribution < -0.4 is 5.32 Å². The summed E-state index contributed by atoms with van der Waals surface area (Å²) in [6.45, 7) is 0. The molecule has 2 N–H and O–H groups in total. The van der Waals surface area contributed by atoms with Crippen molar-refractivity contribution in [3.8, 4) is 5.75 Å². The summed E-state index contributed by atoms with van der Waals surface area (Å²) in [5.41, 5.74) is 0.466. The summed E-state index contributed by atoms with van der Waals surface area (Å²) in [7, 11) is 1.56. The van der Waals surface area contributed by atoms with Crippen LogP contribution in [0, 0.1) is 0 Å². The number of rotatable bonds is 1. The Balaban J connectivity index is 2.67. The van der Waals surface area contributed by atoms with Crippen LogP contribution >= 0.6 is 0 Å². The van der Waals surface area contributed by atoms with Crippen LogP contribution in [0.3, 0.4) is 0 Å². The van der Waals surface area contributed by atoms with Crippen molar-refractivity contribution in [3.05, 3.63) is 42.0 Å². The third-order valence-corrected chi connectivity index (χ3v) is 2.33. The number of carbonyl (C=O) groups is 1. The lowest BCUT2D eigenvalue weighted by molar-refractivity contribution is 0.0963. The smallest absolute Gasteiger partial charge is 0.251 e. The highest BCUT2D eigenvalue weighted by Crippen LogP contribution is 2.26. The number of phenolic OH excluding ortho intramolecular Hbond substituents is 1. The first-order valence-corrected chi connectivity index (χ1v) is 4.66. The number of amides is 1. The van der Waals surface area contributed by atoms with Crippen molar-refractivity contribution in [3.63, 3.8) is 0 Å². The summed E-state index contributed by atoms with van der Waals surface area (Å²) in [5.74, 6) is -0.0669. The summed E-state index contributed by atoms with van der Waals surface area (Å²) in [4.78, 5) is 11.4. The van der Waals surface area contributed by atoms with E-state index in [2.05, 4.69) is 5.32 Å². The van der Waals surface area contributed by atoms with Crippen molar-refractivity contribution in [2.24, 2.45) is 0 Å². The fraction of sp³-hybridized carbons (Fsp3) is 0.0833. The van der Waals surface area contributed by atoms with E-state index in [1.54, 1.807) is 13.1 Å². The van der Waals surface area contributed by atoms with Gasteiger partial charge in [-0.3, -0.25) is 4.79 Å². The quantitative estimate of drug-likeness (QED) is 0.740. The third-order valence-electron chi connectivity index (χ3n) is 2.33. The Morgan fingerprint density at radius 3 is 2.73 bits per heavy atom. The molecule has 2 aromatic rings. The summed E-state index contributed by atoms with van der Waals surface area (Å²) >= 11 is 0. The summed E-state index contributed by atoms with van der Waals surface area (Å²) in [5, 5.41) is 13.9. The maximum Gasteiger partial charge on any atom is 0.251 e. The van der Waals surface area contributed by atoms with Gasteiger partial charge in [0.05, 0.1) is 0 Å². The molecule has 0 heterocycles. The molecular formula is C12H11NO2. The number of carbonyl (C=O) groups excluding carboxylic acids is 1. The van der Waals surface area contributed by atoms with Crippen LogP contribution in [0.4, 0.5) is 0 Å². The monoisotopic (exact) mass is 201 g/mol. The molecule has 0 unspecified atom stereocenters. The van der Waals surface area contributed by atoms with Gasteiger partial charge >= 0.3 is 0 Å². The van der Waals surface area contributed by atoms with Crippen molar-refractivity contribution in [2.45, 2.75) is 0 Å². The van der Waals surface area contributed by atoms with Crippen molar-refractivity contribution in [1.82, 2.24) is 5.32 Å². The second-order valence-corrected chi connectivity index (χ2v) is 3.30. The van der Waals surface area contributed by atoms with E-state index in [4.69, 9.17) is 0 Å². The van der Waals surface area contributed by atoms with Crippen LogP contribution in [0.5, 0.6) is 5.75 Å². The van der Waals surface area contributed by atoms with E-state index in [0.29, 0.717) is 5.56 Å². The third kappa shape index (κ3) is 1.64. The summed E-state index contributed by atoms with van der Waals surface area (Å²) in [6, 6.07) is 10.6. The Labute approximate surface area is 87.3 Å². The highest BCUT2D eigenvalue weighted by atomic mass is 16.3. The van der Waals surface area contributed by atoms with Crippen LogP contribution in [0.15, 0.2) is 36.4 Å². The first kappa shape index (κ1) is 9.52. The average Bonchev–Trinajstić information content (AvgIpc) is 2.28. The molecular weight excluding hydrogens is 190 g/mol. The molecule has 0 atom stereocenters. The van der Waals surface area contributed by atoms with Gasteiger partial charge in [0.15, 0.2) is 0 Å². The molecule has 1 amide bonds. The maximum atomic E-state index is 11.4. The van der Waals surface area contributed by atoms with Gasteiger partial charge in [-0.15, -0.1) is 0 Å². The SMILES string of the molecule is CNC(=O)c1cc(O)c2ccccc2c1. The number of nitrogens with one attached hydrogen (secondary N) is 1. The van der Waals surface area contributed by atoms with E-state index in [0.717, 1.165) is 10.8 Å². The number of fused-ring (bicyclic) bond motifs is 1. The van der Waals surface area contributed by atoms with Gasteiger partial charge in [0, 0.05) is 18.0 Å². The predicted octanol–water partition coefficient (Wildman–Crippen LogP) is 1.90. The van der Waals surface area contributed by atoms with Gasteiger partial charge < -0.3 is 10.4 Å². The summed E-state index contributed by atoms with van der Waals surface area (Å²) in [6.07, 6.45) is 0. The minimum Gasteiger partial charge on any atom is -0.507 e. The zero-order valence-corrected chi connectivity index (χ0v) is 8.32. The van der Waals surface area contributed by atoms with Crippen molar-refractivity contribution < 1.29 is 9.90 Å². The van der Waals surface area contributed by atoms with Gasteiger partial charge in [0.1, 0.15) is 5.75 Å². The normalized spacial score (nSPS) is 10.2. The zero-order valence-electron chi connectivity index (χ0n) is 8.32. The molecule has 0 aliphatic carbocycles. The Bertz CT molecular complexity index is 520. The van der Waals surface area contributed by atoms with Gasteiger partial charge in [-0.2, -0.15) is 0 Å². The van der Waals surface area contributed by atoms with Gasteiger partial charge in [-0.05, 0) is 17.5 Å². The lowest BCUT2D eigenvalue weighted by atomic mass is 10.1. The van der Waals surface area contributed by atoms with Gasteiger partial charge in [-0.25, -0.2) is 0 Å². The fourth-order valence-corrected chi connectivity index (χ4v) is 1.57. The highest BCUT2D eigenvalue weighted by molar-refractivity contribution is 6.00. The molecule has 76 valence electrons. The van der Waals surface area contributed by atoms with Crippen LogP contribution in [-0.4, -0.2) is 18.1 Å². The Kier molecular flexibility index (Phi) is 2.29. The van der Waals surface area contributed by atoms with Crippen LogP contribution in [0.2, 0.25) is 0 Å². The summed E-state index contributed by atoms with van der Waals surface area (Å²) < 4.78 is 0. The Morgan fingerprint density at radius 1 is 1.27 bits per heavy atom. The second-order valence-electron chi connectivity index (χ2n) is 3.30. The number of benzene rings is 2. The number of hydrogen-bond acceptors (Lipinski definition) is 2. The highest BCUT2D eigenvalue weighted by Gasteiger charge is 2.07. The average molecular weight is 201 g/mol. The van der Waals surface area contributed by atoms with E-state index in [1.165, 1.54) is 6.07 Å². The topological polar surface area (TPSA) is 49.3 Å². The van der Waals surface area contributed by atoms with E-state index >= 15 is 0 Å². The van der Waals surface area contributed by atoms with Crippen molar-refractivity contribution in [2.75, 3.05) is 7.05 Å². The number of aromatic hydroxyl groups is 1. The standard InChI is InChI=1S/C12H11NO2/c1-13-12(15)9-6-8-4-2-3-5-10(8)11(14)7-9/h2-7,14H,1H3,(H,13,15). The van der Waals surface area contributed by atoms with E-state index < -0.39 is 0 Å². The molecule has 0 saturated carbocycles. The molecule has 2 rings (SSSR count). The fourth-order valence-electron chi connectivity index (χ4n) is 1.57. The molecule has 15 heavy (non-hydrogen) atoms. The molecule has 2 aromatic carbocycles. The van der Waals surface area contributed by atoms with Crippen molar-refractivity contribution in [1.29, 1.82) is 0 Å². The second kappa shape index (κ2) is 3.61. The largest absolute Gasteiger partial charge is 0.507 e. The number of hydrogen-bond donors (Lipinski definition) is 2. The lowest BCUT2D eigenvalue weighted by Gasteiger charge is -2.04. The van der Waals surface area contributed by atoms with Crippen LogP contribution in [0.1, 0.15) is 10.4 Å². The molecule has 3 heteroatoms. The Hall–Kier alpha value is -2.03. The van der Waals surface area contributed by atoms with Crippen LogP contribution in [-0.2, 0) is 0 Å². The van der Waals surface area contributed by atoms with Crippen LogP contribution in [0.25, 0.3) is 10.8 Å². The van der Waals surface area contributed by atoms with E-state index in [-0.39, 0.29) is 11.7 Å². The number of phenols is 1. The minimum atomic E-state index is -0.198. The van der Waals surface area contributed by atoms with Gasteiger partial charge in [-0.1, -0.05) is 24.3 Å². The Morgan fingerprint density at radius 2 is 2.00 bits per heavy atom. The lowest BCUT2D eigenvalue weighted by Crippen LogP contribution is -2.17. The maximum absolute atomic E-state index is 11.4. The molecule has 0 radical (unpaired) electrons. The molecule has 0 aliphatic rings. The first-order chi connectivity index (χ1) is 7.22. The zero-order chi connectivity index (χ0) is 10.8. The minimum absolute atomic E-state index is 0.131.